The maximum atomic E-state index is 10.6. The van der Waals surface area contributed by atoms with E-state index < -0.39 is 20.3 Å². The minimum atomic E-state index is -4.33. The molecule has 0 aliphatic rings. The Kier molecular flexibility index (Phi) is 2.52. The molecule has 0 aromatic carbocycles. The van der Waals surface area contributed by atoms with Gasteiger partial charge in [0.05, 0.1) is 0 Å². The third-order valence-corrected chi connectivity index (χ3v) is 3.32. The van der Waals surface area contributed by atoms with E-state index in [0.717, 1.165) is 17.4 Å². The van der Waals surface area contributed by atoms with Gasteiger partial charge in [0.1, 0.15) is 9.77 Å². The van der Waals surface area contributed by atoms with Crippen molar-refractivity contribution in [1.82, 2.24) is 0 Å². The second-order valence-corrected chi connectivity index (χ2v) is 4.51. The highest BCUT2D eigenvalue weighted by Gasteiger charge is 2.20. The van der Waals surface area contributed by atoms with Gasteiger partial charge in [0.25, 0.3) is 15.4 Å². The van der Waals surface area contributed by atoms with E-state index in [4.69, 9.17) is 16.2 Å². The summed E-state index contributed by atoms with van der Waals surface area (Å²) in [6, 6.07) is 1.12. The third-order valence-electron chi connectivity index (χ3n) is 1.09. The minimum absolute atomic E-state index is 0.167. The second-order valence-electron chi connectivity index (χ2n) is 1.86. The number of carbonyl (C=O) groups is 1. The molecule has 66 valence electrons. The lowest BCUT2D eigenvalue weighted by Crippen LogP contribution is -2.01. The second kappa shape index (κ2) is 3.14. The summed E-state index contributed by atoms with van der Waals surface area (Å²) in [5, 5.41) is 0.469. The van der Waals surface area contributed by atoms with Crippen molar-refractivity contribution in [3.8, 4) is 0 Å². The number of hydrogen-bond donors (Lipinski definition) is 1. The Morgan fingerprint density at radius 2 is 2.17 bits per heavy atom. The SMILES string of the molecule is O=C(Cl)c1sccc1S(=O)(=O)O. The Bertz CT molecular complexity index is 405. The Balaban J connectivity index is 3.36. The summed E-state index contributed by atoms with van der Waals surface area (Å²) >= 11 is 5.92. The van der Waals surface area contributed by atoms with Gasteiger partial charge < -0.3 is 0 Å². The fourth-order valence-electron chi connectivity index (χ4n) is 0.644. The number of thiophene rings is 1. The molecule has 1 aromatic rings. The Morgan fingerprint density at radius 3 is 2.50 bits per heavy atom. The largest absolute Gasteiger partial charge is 0.296 e. The molecule has 1 heterocycles. The van der Waals surface area contributed by atoms with Crippen molar-refractivity contribution in [2.45, 2.75) is 4.90 Å². The molecule has 7 heteroatoms. The molecule has 0 atom stereocenters. The number of hydrogen-bond acceptors (Lipinski definition) is 4. The van der Waals surface area contributed by atoms with E-state index in [1.165, 1.54) is 5.38 Å². The monoisotopic (exact) mass is 226 g/mol. The predicted octanol–water partition coefficient (Wildman–Crippen LogP) is 1.37. The molecule has 12 heavy (non-hydrogen) atoms. The molecule has 0 aliphatic heterocycles. The third kappa shape index (κ3) is 1.84. The van der Waals surface area contributed by atoms with Crippen LogP contribution in [0.3, 0.4) is 0 Å². The molecular formula is C5H3ClO4S2. The van der Waals surface area contributed by atoms with E-state index >= 15 is 0 Å². The first-order chi connectivity index (χ1) is 5.43. The number of rotatable bonds is 2. The minimum Gasteiger partial charge on any atom is -0.282 e. The molecule has 0 amide bonds. The van der Waals surface area contributed by atoms with Crippen LogP contribution in [-0.4, -0.2) is 18.2 Å². The van der Waals surface area contributed by atoms with E-state index in [0.29, 0.717) is 0 Å². The lowest BCUT2D eigenvalue weighted by Gasteiger charge is -1.92. The number of halogens is 1. The molecule has 0 spiro atoms. The normalized spacial score (nSPS) is 11.5. The van der Waals surface area contributed by atoms with E-state index in [-0.39, 0.29) is 4.88 Å². The maximum absolute atomic E-state index is 10.6. The molecule has 0 saturated carbocycles. The van der Waals surface area contributed by atoms with Crippen LogP contribution < -0.4 is 0 Å². The molecular weight excluding hydrogens is 224 g/mol. The average molecular weight is 227 g/mol. The first-order valence-corrected chi connectivity index (χ1v) is 5.37. The van der Waals surface area contributed by atoms with Gasteiger partial charge in [-0.3, -0.25) is 9.35 Å². The predicted molar refractivity (Wildman–Crippen MR) is 44.3 cm³/mol. The molecule has 0 bridgehead atoms. The van der Waals surface area contributed by atoms with Gasteiger partial charge in [-0.2, -0.15) is 8.42 Å². The fraction of sp³-hybridized carbons (Fsp3) is 0. The first kappa shape index (κ1) is 9.66. The van der Waals surface area contributed by atoms with Gasteiger partial charge in [-0.1, -0.05) is 0 Å². The van der Waals surface area contributed by atoms with Crippen LogP contribution in [0.15, 0.2) is 16.3 Å². The summed E-state index contributed by atoms with van der Waals surface area (Å²) in [7, 11) is -4.33. The van der Waals surface area contributed by atoms with Crippen molar-refractivity contribution in [2.75, 3.05) is 0 Å². The van der Waals surface area contributed by atoms with Gasteiger partial charge in [-0.05, 0) is 23.0 Å². The van der Waals surface area contributed by atoms with Gasteiger partial charge in [-0.25, -0.2) is 0 Å². The zero-order valence-electron chi connectivity index (χ0n) is 5.52. The van der Waals surface area contributed by atoms with Gasteiger partial charge in [0.15, 0.2) is 0 Å². The summed E-state index contributed by atoms with van der Waals surface area (Å²) in [6.07, 6.45) is 0. The lowest BCUT2D eigenvalue weighted by molar-refractivity contribution is 0.108. The van der Waals surface area contributed by atoms with Crippen molar-refractivity contribution >= 4 is 38.3 Å². The summed E-state index contributed by atoms with van der Waals surface area (Å²) in [6.45, 7) is 0. The summed E-state index contributed by atoms with van der Waals surface area (Å²) in [5.74, 6) is 0. The molecule has 1 aromatic heterocycles. The van der Waals surface area contributed by atoms with E-state index in [2.05, 4.69) is 0 Å². The summed E-state index contributed by atoms with van der Waals surface area (Å²) < 4.78 is 29.7. The van der Waals surface area contributed by atoms with Crippen molar-refractivity contribution in [3.05, 3.63) is 16.3 Å². The maximum Gasteiger partial charge on any atom is 0.296 e. The van der Waals surface area contributed by atoms with Gasteiger partial charge in [-0.15, -0.1) is 11.3 Å². The molecule has 0 saturated heterocycles. The molecule has 0 radical (unpaired) electrons. The van der Waals surface area contributed by atoms with Crippen LogP contribution in [0.25, 0.3) is 0 Å². The topological polar surface area (TPSA) is 71.4 Å². The highest BCUT2D eigenvalue weighted by atomic mass is 35.5. The van der Waals surface area contributed by atoms with Crippen molar-refractivity contribution < 1.29 is 17.8 Å². The van der Waals surface area contributed by atoms with Crippen molar-refractivity contribution in [2.24, 2.45) is 0 Å². The summed E-state index contributed by atoms with van der Waals surface area (Å²) in [5.41, 5.74) is 0. The van der Waals surface area contributed by atoms with E-state index in [9.17, 15) is 13.2 Å². The molecule has 1 N–H and O–H groups in total. The van der Waals surface area contributed by atoms with Crippen LogP contribution in [0, 0.1) is 0 Å². The van der Waals surface area contributed by atoms with Crippen LogP contribution in [0.2, 0.25) is 0 Å². The standard InChI is InChI=1S/C5H3ClO4S2/c6-5(7)4-3(1-2-11-4)12(8,9)10/h1-2H,(H,8,9,10). The Labute approximate surface area is 77.5 Å². The Hall–Kier alpha value is -0.430. The molecule has 0 fully saturated rings. The van der Waals surface area contributed by atoms with Gasteiger partial charge in [0, 0.05) is 0 Å². The van der Waals surface area contributed by atoms with Crippen LogP contribution in [0.4, 0.5) is 0 Å². The van der Waals surface area contributed by atoms with Crippen molar-refractivity contribution in [1.29, 1.82) is 0 Å². The van der Waals surface area contributed by atoms with Crippen LogP contribution in [-0.2, 0) is 10.1 Å². The molecule has 1 rings (SSSR count). The van der Waals surface area contributed by atoms with Crippen LogP contribution in [0.1, 0.15) is 9.67 Å². The molecule has 0 unspecified atom stereocenters. The zero-order valence-corrected chi connectivity index (χ0v) is 7.91. The fourth-order valence-corrected chi connectivity index (χ4v) is 2.67. The smallest absolute Gasteiger partial charge is 0.282 e. The van der Waals surface area contributed by atoms with E-state index in [1.54, 1.807) is 0 Å². The van der Waals surface area contributed by atoms with Crippen LogP contribution in [0.5, 0.6) is 0 Å². The first-order valence-electron chi connectivity index (χ1n) is 2.67. The highest BCUT2D eigenvalue weighted by molar-refractivity contribution is 7.86. The molecule has 4 nitrogen and oxygen atoms in total. The Morgan fingerprint density at radius 1 is 1.58 bits per heavy atom. The summed E-state index contributed by atoms with van der Waals surface area (Å²) in [4.78, 5) is 9.97. The quantitative estimate of drug-likeness (QED) is 0.611. The molecule has 0 aliphatic carbocycles. The lowest BCUT2D eigenvalue weighted by atomic mass is 10.5. The van der Waals surface area contributed by atoms with Crippen molar-refractivity contribution in [3.63, 3.8) is 0 Å². The number of carbonyl (C=O) groups excluding carboxylic acids is 1. The average Bonchev–Trinajstić information content (AvgIpc) is 2.30. The van der Waals surface area contributed by atoms with Gasteiger partial charge in [0.2, 0.25) is 0 Å². The van der Waals surface area contributed by atoms with Crippen LogP contribution >= 0.6 is 22.9 Å². The zero-order chi connectivity index (χ0) is 9.35. The van der Waals surface area contributed by atoms with Gasteiger partial charge >= 0.3 is 0 Å². The highest BCUT2D eigenvalue weighted by Crippen LogP contribution is 2.23. The van der Waals surface area contributed by atoms with E-state index in [1.807, 2.05) is 0 Å².